The lowest BCUT2D eigenvalue weighted by Crippen LogP contribution is -2.21. The minimum absolute atomic E-state index is 0.0245. The van der Waals surface area contributed by atoms with Gasteiger partial charge in [0, 0.05) is 18.1 Å². The molecule has 0 aliphatic rings. The monoisotopic (exact) mass is 269 g/mol. The molecule has 0 spiro atoms. The predicted octanol–water partition coefficient (Wildman–Crippen LogP) is 3.35. The van der Waals surface area contributed by atoms with Crippen molar-refractivity contribution >= 4 is 11.0 Å². The quantitative estimate of drug-likeness (QED) is 0.772. The van der Waals surface area contributed by atoms with E-state index in [2.05, 4.69) is 29.5 Å². The molecule has 1 N–H and O–H groups in total. The van der Waals surface area contributed by atoms with Crippen LogP contribution in [0.1, 0.15) is 30.8 Å². The van der Waals surface area contributed by atoms with E-state index in [-0.39, 0.29) is 6.04 Å². The lowest BCUT2D eigenvalue weighted by Gasteiger charge is -2.15. The Balaban J connectivity index is 2.02. The van der Waals surface area contributed by atoms with Crippen molar-refractivity contribution in [1.82, 2.24) is 15.1 Å². The molecule has 1 atom stereocenters. The SMILES string of the molecule is CCCn1nccc1C(NC)c1cc2ccccc2o1. The van der Waals surface area contributed by atoms with E-state index in [1.807, 2.05) is 42.2 Å². The van der Waals surface area contributed by atoms with Crippen LogP contribution in [0, 0.1) is 0 Å². The second-order valence-corrected chi connectivity index (χ2v) is 4.89. The summed E-state index contributed by atoms with van der Waals surface area (Å²) in [7, 11) is 1.95. The highest BCUT2D eigenvalue weighted by Gasteiger charge is 2.20. The Bertz CT molecular complexity index is 665. The predicted molar refractivity (Wildman–Crippen MR) is 79.6 cm³/mol. The van der Waals surface area contributed by atoms with E-state index in [4.69, 9.17) is 4.42 Å². The lowest BCUT2D eigenvalue weighted by atomic mass is 10.1. The molecule has 0 saturated carbocycles. The van der Waals surface area contributed by atoms with Crippen molar-refractivity contribution in [1.29, 1.82) is 0 Å². The summed E-state index contributed by atoms with van der Waals surface area (Å²) >= 11 is 0. The van der Waals surface area contributed by atoms with Crippen LogP contribution in [0.15, 0.2) is 47.0 Å². The summed E-state index contributed by atoms with van der Waals surface area (Å²) in [5, 5.41) is 8.84. The van der Waals surface area contributed by atoms with Gasteiger partial charge in [-0.25, -0.2) is 0 Å². The van der Waals surface area contributed by atoms with Crippen molar-refractivity contribution in [3.63, 3.8) is 0 Å². The molecule has 0 aliphatic carbocycles. The second-order valence-electron chi connectivity index (χ2n) is 4.89. The second kappa shape index (κ2) is 5.51. The molecule has 2 heterocycles. The van der Waals surface area contributed by atoms with Gasteiger partial charge >= 0.3 is 0 Å². The molecular weight excluding hydrogens is 250 g/mol. The number of hydrogen-bond acceptors (Lipinski definition) is 3. The topological polar surface area (TPSA) is 43.0 Å². The summed E-state index contributed by atoms with van der Waals surface area (Å²) in [6.07, 6.45) is 2.91. The lowest BCUT2D eigenvalue weighted by molar-refractivity contribution is 0.459. The van der Waals surface area contributed by atoms with Crippen LogP contribution in [-0.4, -0.2) is 16.8 Å². The Morgan fingerprint density at radius 2 is 2.15 bits per heavy atom. The Hall–Kier alpha value is -2.07. The summed E-state index contributed by atoms with van der Waals surface area (Å²) in [5.41, 5.74) is 2.05. The molecule has 0 fully saturated rings. The maximum atomic E-state index is 5.97. The first kappa shape index (κ1) is 12.9. The van der Waals surface area contributed by atoms with Crippen molar-refractivity contribution in [2.24, 2.45) is 0 Å². The van der Waals surface area contributed by atoms with Crippen LogP contribution in [-0.2, 0) is 6.54 Å². The zero-order chi connectivity index (χ0) is 13.9. The molecule has 3 aromatic rings. The number of nitrogens with one attached hydrogen (secondary N) is 1. The molecule has 0 radical (unpaired) electrons. The fraction of sp³-hybridized carbons (Fsp3) is 0.312. The first-order valence-electron chi connectivity index (χ1n) is 7.01. The van der Waals surface area contributed by atoms with Gasteiger partial charge in [-0.2, -0.15) is 5.10 Å². The summed E-state index contributed by atoms with van der Waals surface area (Å²) in [4.78, 5) is 0. The molecule has 0 aliphatic heterocycles. The van der Waals surface area contributed by atoms with Crippen molar-refractivity contribution in [3.05, 3.63) is 54.0 Å². The van der Waals surface area contributed by atoms with Crippen LogP contribution in [0.3, 0.4) is 0 Å². The van der Waals surface area contributed by atoms with Gasteiger partial charge in [0.2, 0.25) is 0 Å². The molecule has 1 aromatic carbocycles. The molecule has 4 heteroatoms. The van der Waals surface area contributed by atoms with Crippen molar-refractivity contribution < 1.29 is 4.42 Å². The molecule has 0 saturated heterocycles. The molecule has 2 aromatic heterocycles. The number of fused-ring (bicyclic) bond motifs is 1. The van der Waals surface area contributed by atoms with E-state index in [1.165, 1.54) is 0 Å². The highest BCUT2D eigenvalue weighted by atomic mass is 16.3. The molecule has 0 bridgehead atoms. The summed E-state index contributed by atoms with van der Waals surface area (Å²) in [6.45, 7) is 3.07. The molecular formula is C16H19N3O. The summed E-state index contributed by atoms with van der Waals surface area (Å²) < 4.78 is 8.01. The molecule has 1 unspecified atom stereocenters. The molecule has 20 heavy (non-hydrogen) atoms. The number of aryl methyl sites for hydroxylation is 1. The molecule has 3 rings (SSSR count). The minimum Gasteiger partial charge on any atom is -0.459 e. The van der Waals surface area contributed by atoms with Gasteiger partial charge < -0.3 is 9.73 Å². The van der Waals surface area contributed by atoms with Crippen LogP contribution in [0.25, 0.3) is 11.0 Å². The van der Waals surface area contributed by atoms with E-state index < -0.39 is 0 Å². The standard InChI is InChI=1S/C16H19N3O/c1-3-10-19-13(8-9-18-19)16(17-2)15-11-12-6-4-5-7-14(12)20-15/h4-9,11,16-17H,3,10H2,1-2H3. The third-order valence-electron chi connectivity index (χ3n) is 3.50. The van der Waals surface area contributed by atoms with Crippen LogP contribution in [0.4, 0.5) is 0 Å². The number of nitrogens with zero attached hydrogens (tertiary/aromatic N) is 2. The van der Waals surface area contributed by atoms with Crippen LogP contribution in [0.5, 0.6) is 0 Å². The van der Waals surface area contributed by atoms with Gasteiger partial charge in [-0.15, -0.1) is 0 Å². The summed E-state index contributed by atoms with van der Waals surface area (Å²) in [6, 6.07) is 12.2. The zero-order valence-electron chi connectivity index (χ0n) is 11.8. The smallest absolute Gasteiger partial charge is 0.134 e. The fourth-order valence-electron chi connectivity index (χ4n) is 2.57. The average molecular weight is 269 g/mol. The van der Waals surface area contributed by atoms with E-state index in [9.17, 15) is 0 Å². The number of benzene rings is 1. The highest BCUT2D eigenvalue weighted by Crippen LogP contribution is 2.27. The Morgan fingerprint density at radius 3 is 2.90 bits per heavy atom. The number of aromatic nitrogens is 2. The number of rotatable bonds is 5. The Kier molecular flexibility index (Phi) is 3.56. The van der Waals surface area contributed by atoms with Crippen molar-refractivity contribution in [2.75, 3.05) is 7.05 Å². The van der Waals surface area contributed by atoms with Crippen LogP contribution >= 0.6 is 0 Å². The first-order valence-corrected chi connectivity index (χ1v) is 7.01. The van der Waals surface area contributed by atoms with Crippen LogP contribution < -0.4 is 5.32 Å². The van der Waals surface area contributed by atoms with Gasteiger partial charge in [-0.1, -0.05) is 25.1 Å². The highest BCUT2D eigenvalue weighted by molar-refractivity contribution is 5.77. The van der Waals surface area contributed by atoms with Gasteiger partial charge in [0.1, 0.15) is 17.4 Å². The van der Waals surface area contributed by atoms with E-state index in [0.717, 1.165) is 35.4 Å². The van der Waals surface area contributed by atoms with Gasteiger partial charge in [-0.05, 0) is 31.7 Å². The average Bonchev–Trinajstić information content (AvgIpc) is 3.07. The van der Waals surface area contributed by atoms with E-state index >= 15 is 0 Å². The number of furan rings is 1. The number of para-hydroxylation sites is 1. The Labute approximate surface area is 118 Å². The van der Waals surface area contributed by atoms with Crippen molar-refractivity contribution in [2.45, 2.75) is 25.9 Å². The zero-order valence-corrected chi connectivity index (χ0v) is 11.8. The third kappa shape index (κ3) is 2.23. The normalized spacial score (nSPS) is 12.9. The van der Waals surface area contributed by atoms with Gasteiger partial charge in [0.25, 0.3) is 0 Å². The van der Waals surface area contributed by atoms with Crippen molar-refractivity contribution in [3.8, 4) is 0 Å². The van der Waals surface area contributed by atoms with Gasteiger partial charge in [-0.3, -0.25) is 4.68 Å². The molecule has 4 nitrogen and oxygen atoms in total. The summed E-state index contributed by atoms with van der Waals surface area (Å²) in [5.74, 6) is 0.923. The fourth-order valence-corrected chi connectivity index (χ4v) is 2.57. The number of hydrogen-bond donors (Lipinski definition) is 1. The van der Waals surface area contributed by atoms with Crippen LogP contribution in [0.2, 0.25) is 0 Å². The maximum Gasteiger partial charge on any atom is 0.134 e. The third-order valence-corrected chi connectivity index (χ3v) is 3.50. The maximum absolute atomic E-state index is 5.97. The first-order chi connectivity index (χ1) is 9.83. The Morgan fingerprint density at radius 1 is 1.30 bits per heavy atom. The van der Waals surface area contributed by atoms with Gasteiger partial charge in [0.15, 0.2) is 0 Å². The minimum atomic E-state index is 0.0245. The van der Waals surface area contributed by atoms with E-state index in [1.54, 1.807) is 0 Å². The van der Waals surface area contributed by atoms with E-state index in [0.29, 0.717) is 0 Å². The largest absolute Gasteiger partial charge is 0.459 e. The van der Waals surface area contributed by atoms with Gasteiger partial charge in [0.05, 0.1) is 5.69 Å². The molecule has 104 valence electrons. The molecule has 0 amide bonds.